The van der Waals surface area contributed by atoms with E-state index in [1.165, 1.54) is 12.1 Å². The first-order valence-electron chi connectivity index (χ1n) is 6.84. The van der Waals surface area contributed by atoms with Crippen LogP contribution in [0.15, 0.2) is 64.0 Å². The highest BCUT2D eigenvalue weighted by Gasteiger charge is 2.73. The van der Waals surface area contributed by atoms with Crippen LogP contribution in [0, 0.1) is 28.1 Å². The molecule has 0 aromatic heterocycles. The highest BCUT2D eigenvalue weighted by atomic mass is 79.9. The third-order valence-corrected chi connectivity index (χ3v) is 6.91. The Bertz CT molecular complexity index is 911. The highest BCUT2D eigenvalue weighted by Crippen LogP contribution is 2.63. The van der Waals surface area contributed by atoms with Crippen molar-refractivity contribution in [3.63, 3.8) is 0 Å². The fourth-order valence-electron chi connectivity index (χ4n) is 2.94. The average molecular weight is 387 g/mol. The predicted octanol–water partition coefficient (Wildman–Crippen LogP) is 3.42. The summed E-state index contributed by atoms with van der Waals surface area (Å²) in [6.07, 6.45) is 0. The second-order valence-electron chi connectivity index (χ2n) is 5.40. The lowest BCUT2D eigenvalue weighted by molar-refractivity contribution is 0.591. The Kier molecular flexibility index (Phi) is 3.75. The molecule has 6 heteroatoms. The van der Waals surface area contributed by atoms with Gasteiger partial charge >= 0.3 is 0 Å². The van der Waals surface area contributed by atoms with Crippen LogP contribution in [0.2, 0.25) is 0 Å². The lowest BCUT2D eigenvalue weighted by atomic mass is 10.0. The van der Waals surface area contributed by atoms with Crippen molar-refractivity contribution in [3.05, 3.63) is 64.6 Å². The van der Waals surface area contributed by atoms with E-state index in [9.17, 15) is 18.9 Å². The predicted molar refractivity (Wildman–Crippen MR) is 88.0 cm³/mol. The SMILES string of the molecule is N#CC1(C#N)[C@H](c2ccc(Br)cc2)[C@H]1S(=O)(=O)c1ccccc1. The first kappa shape index (κ1) is 15.7. The minimum absolute atomic E-state index is 0.138. The number of rotatable bonds is 3. The quantitative estimate of drug-likeness (QED) is 0.808. The molecular weight excluding hydrogens is 376 g/mol. The van der Waals surface area contributed by atoms with Crippen LogP contribution in [0.3, 0.4) is 0 Å². The summed E-state index contributed by atoms with van der Waals surface area (Å²) in [6, 6.07) is 18.9. The number of halogens is 1. The van der Waals surface area contributed by atoms with Gasteiger partial charge in [0.05, 0.1) is 17.0 Å². The zero-order valence-corrected chi connectivity index (χ0v) is 14.3. The maximum absolute atomic E-state index is 12.9. The van der Waals surface area contributed by atoms with E-state index in [-0.39, 0.29) is 4.90 Å². The van der Waals surface area contributed by atoms with E-state index >= 15 is 0 Å². The van der Waals surface area contributed by atoms with E-state index in [1.807, 2.05) is 12.1 Å². The molecule has 1 fully saturated rings. The first-order valence-corrected chi connectivity index (χ1v) is 9.18. The molecule has 2 aromatic carbocycles. The minimum Gasteiger partial charge on any atom is -0.223 e. The highest BCUT2D eigenvalue weighted by molar-refractivity contribution is 9.10. The van der Waals surface area contributed by atoms with E-state index in [0.717, 1.165) is 4.47 Å². The van der Waals surface area contributed by atoms with Crippen molar-refractivity contribution in [1.29, 1.82) is 10.5 Å². The van der Waals surface area contributed by atoms with Gasteiger partial charge in [-0.1, -0.05) is 46.3 Å². The molecule has 0 N–H and O–H groups in total. The number of benzene rings is 2. The normalized spacial score (nSPS) is 21.9. The van der Waals surface area contributed by atoms with Crippen LogP contribution >= 0.6 is 15.9 Å². The van der Waals surface area contributed by atoms with Crippen LogP contribution in [-0.4, -0.2) is 13.7 Å². The van der Waals surface area contributed by atoms with Gasteiger partial charge in [0, 0.05) is 10.4 Å². The standard InChI is InChI=1S/C17H11BrN2O2S/c18-13-8-6-12(7-9-13)15-16(17(15,10-19)11-20)23(21,22)14-4-2-1-3-5-14/h1-9,15-16H/t15-,16-/m1/s1. The van der Waals surface area contributed by atoms with Crippen LogP contribution in [0.25, 0.3) is 0 Å². The van der Waals surface area contributed by atoms with Crippen molar-refractivity contribution < 1.29 is 8.42 Å². The number of hydrogen-bond donors (Lipinski definition) is 0. The molecule has 1 aliphatic rings. The zero-order valence-electron chi connectivity index (χ0n) is 11.8. The summed E-state index contributed by atoms with van der Waals surface area (Å²) in [7, 11) is -3.76. The van der Waals surface area contributed by atoms with E-state index < -0.39 is 26.4 Å². The van der Waals surface area contributed by atoms with Gasteiger partial charge < -0.3 is 0 Å². The molecule has 23 heavy (non-hydrogen) atoms. The topological polar surface area (TPSA) is 81.7 Å². The molecule has 2 aromatic rings. The smallest absolute Gasteiger partial charge is 0.184 e. The van der Waals surface area contributed by atoms with Gasteiger partial charge in [-0.25, -0.2) is 8.42 Å². The Morgan fingerprint density at radius 3 is 2.04 bits per heavy atom. The number of nitriles is 2. The van der Waals surface area contributed by atoms with E-state index in [2.05, 4.69) is 15.9 Å². The van der Waals surface area contributed by atoms with Gasteiger partial charge in [0.15, 0.2) is 15.3 Å². The van der Waals surface area contributed by atoms with Crippen LogP contribution in [0.4, 0.5) is 0 Å². The van der Waals surface area contributed by atoms with Gasteiger partial charge in [-0.2, -0.15) is 10.5 Å². The Balaban J connectivity index is 2.10. The molecule has 0 heterocycles. The maximum Gasteiger partial charge on any atom is 0.184 e. The van der Waals surface area contributed by atoms with Crippen LogP contribution in [-0.2, 0) is 9.84 Å². The number of sulfone groups is 1. The molecule has 0 spiro atoms. The van der Waals surface area contributed by atoms with Gasteiger partial charge in [0.2, 0.25) is 0 Å². The van der Waals surface area contributed by atoms with Crippen molar-refractivity contribution >= 4 is 25.8 Å². The molecule has 1 saturated carbocycles. The zero-order chi connectivity index (χ0) is 16.7. The molecule has 0 radical (unpaired) electrons. The molecule has 0 bridgehead atoms. The molecule has 114 valence electrons. The van der Waals surface area contributed by atoms with E-state index in [1.54, 1.807) is 42.5 Å². The van der Waals surface area contributed by atoms with Crippen LogP contribution in [0.1, 0.15) is 11.5 Å². The summed E-state index contributed by atoms with van der Waals surface area (Å²) in [5.74, 6) is -0.643. The van der Waals surface area contributed by atoms with Crippen molar-refractivity contribution in [1.82, 2.24) is 0 Å². The lowest BCUT2D eigenvalue weighted by Gasteiger charge is -2.03. The molecule has 1 aliphatic carbocycles. The largest absolute Gasteiger partial charge is 0.223 e. The third-order valence-electron chi connectivity index (χ3n) is 4.14. The Morgan fingerprint density at radius 2 is 1.52 bits per heavy atom. The second-order valence-corrected chi connectivity index (χ2v) is 8.39. The summed E-state index contributed by atoms with van der Waals surface area (Å²) in [6.45, 7) is 0. The molecule has 2 atom stereocenters. The molecule has 0 aliphatic heterocycles. The Hall–Kier alpha value is -2.15. The summed E-state index contributed by atoms with van der Waals surface area (Å²) in [5, 5.41) is 17.9. The van der Waals surface area contributed by atoms with Crippen LogP contribution < -0.4 is 0 Å². The average Bonchev–Trinajstić information content (AvgIpc) is 3.27. The van der Waals surface area contributed by atoms with Crippen molar-refractivity contribution in [3.8, 4) is 12.1 Å². The van der Waals surface area contributed by atoms with Gasteiger partial charge in [0.25, 0.3) is 0 Å². The second kappa shape index (κ2) is 5.49. The minimum atomic E-state index is -3.76. The van der Waals surface area contributed by atoms with Crippen molar-refractivity contribution in [2.24, 2.45) is 5.41 Å². The molecule has 0 unspecified atom stereocenters. The lowest BCUT2D eigenvalue weighted by Crippen LogP contribution is -2.14. The fraction of sp³-hybridized carbons (Fsp3) is 0.176. The summed E-state index contributed by atoms with van der Waals surface area (Å²) < 4.78 is 26.6. The van der Waals surface area contributed by atoms with Crippen LogP contribution in [0.5, 0.6) is 0 Å². The third kappa shape index (κ3) is 2.35. The maximum atomic E-state index is 12.9. The van der Waals surface area contributed by atoms with E-state index in [4.69, 9.17) is 0 Å². The molecular formula is C17H11BrN2O2S. The summed E-state index contributed by atoms with van der Waals surface area (Å²) >= 11 is 3.32. The van der Waals surface area contributed by atoms with Crippen molar-refractivity contribution in [2.75, 3.05) is 0 Å². The fourth-order valence-corrected chi connectivity index (χ4v) is 5.42. The molecule has 4 nitrogen and oxygen atoms in total. The Morgan fingerprint density at radius 1 is 0.957 bits per heavy atom. The molecule has 0 amide bonds. The van der Waals surface area contributed by atoms with E-state index in [0.29, 0.717) is 5.56 Å². The summed E-state index contributed by atoms with van der Waals surface area (Å²) in [5.41, 5.74) is -0.858. The van der Waals surface area contributed by atoms with Gasteiger partial charge in [-0.05, 0) is 29.8 Å². The summed E-state index contributed by atoms with van der Waals surface area (Å²) in [4.78, 5) is 0.138. The number of hydrogen-bond acceptors (Lipinski definition) is 4. The molecule has 3 rings (SSSR count). The van der Waals surface area contributed by atoms with Gasteiger partial charge in [-0.3, -0.25) is 0 Å². The number of nitrogens with zero attached hydrogens (tertiary/aromatic N) is 2. The monoisotopic (exact) mass is 386 g/mol. The molecule has 0 saturated heterocycles. The van der Waals surface area contributed by atoms with Gasteiger partial charge in [-0.15, -0.1) is 0 Å². The van der Waals surface area contributed by atoms with Gasteiger partial charge in [0.1, 0.15) is 5.25 Å². The van der Waals surface area contributed by atoms with Crippen molar-refractivity contribution in [2.45, 2.75) is 16.1 Å². The first-order chi connectivity index (χ1) is 11.0. The Labute approximate surface area is 143 Å².